The maximum absolute atomic E-state index is 5.65. The van der Waals surface area contributed by atoms with Gasteiger partial charge in [-0.15, -0.1) is 0 Å². The van der Waals surface area contributed by atoms with E-state index in [1.807, 2.05) is 6.26 Å². The zero-order valence-electron chi connectivity index (χ0n) is 16.3. The van der Waals surface area contributed by atoms with E-state index in [0.717, 1.165) is 6.54 Å². The van der Waals surface area contributed by atoms with Crippen molar-refractivity contribution in [3.8, 4) is 11.1 Å². The summed E-state index contributed by atoms with van der Waals surface area (Å²) in [6.45, 7) is 5.74. The molecule has 0 aliphatic carbocycles. The van der Waals surface area contributed by atoms with Gasteiger partial charge < -0.3 is 9.30 Å². The molecule has 2 heteroatoms. The van der Waals surface area contributed by atoms with Crippen molar-refractivity contribution in [2.45, 2.75) is 27.0 Å². The van der Waals surface area contributed by atoms with Crippen LogP contribution < -0.4 is 0 Å². The number of nitrogens with zero attached hydrogens (tertiary/aromatic N) is 1. The van der Waals surface area contributed by atoms with Gasteiger partial charge in [-0.1, -0.05) is 65.7 Å². The van der Waals surface area contributed by atoms with Crippen LogP contribution in [0, 0.1) is 13.8 Å². The number of aromatic nitrogens is 1. The van der Waals surface area contributed by atoms with Gasteiger partial charge in [-0.05, 0) is 48.7 Å². The Bertz CT molecular complexity index is 1200. The molecule has 0 saturated heterocycles. The zero-order valence-corrected chi connectivity index (χ0v) is 16.3. The summed E-state index contributed by atoms with van der Waals surface area (Å²) in [5.74, 6) is 0. The summed E-state index contributed by atoms with van der Waals surface area (Å²) in [5, 5.41) is 1.29. The first-order chi connectivity index (χ1) is 13.7. The lowest BCUT2D eigenvalue weighted by molar-refractivity contribution is 0.227. The number of benzene rings is 3. The summed E-state index contributed by atoms with van der Waals surface area (Å²) in [4.78, 5) is 0. The van der Waals surface area contributed by atoms with E-state index in [0.29, 0.717) is 6.61 Å². The highest BCUT2D eigenvalue weighted by Gasteiger charge is 2.19. The normalized spacial score (nSPS) is 12.8. The second-order valence-corrected chi connectivity index (χ2v) is 7.65. The van der Waals surface area contributed by atoms with E-state index in [2.05, 4.69) is 91.2 Å². The molecule has 4 aromatic rings. The van der Waals surface area contributed by atoms with Crippen LogP contribution in [0.2, 0.25) is 0 Å². The molecule has 0 fully saturated rings. The van der Waals surface area contributed by atoms with E-state index in [-0.39, 0.29) is 0 Å². The van der Waals surface area contributed by atoms with Crippen molar-refractivity contribution in [2.75, 3.05) is 0 Å². The van der Waals surface area contributed by atoms with Crippen LogP contribution in [0.4, 0.5) is 0 Å². The molecule has 0 saturated carbocycles. The Balaban J connectivity index is 1.66. The lowest BCUT2D eigenvalue weighted by atomic mass is 10.0. The first-order valence-corrected chi connectivity index (χ1v) is 9.75. The highest BCUT2D eigenvalue weighted by molar-refractivity contribution is 5.94. The van der Waals surface area contributed by atoms with E-state index in [4.69, 9.17) is 4.74 Å². The quantitative estimate of drug-likeness (QED) is 0.405. The lowest BCUT2D eigenvalue weighted by Crippen LogP contribution is -2.07. The fraction of sp³-hybridized carbons (Fsp3) is 0.154. The van der Waals surface area contributed by atoms with Gasteiger partial charge in [-0.25, -0.2) is 0 Å². The Morgan fingerprint density at radius 1 is 0.857 bits per heavy atom. The van der Waals surface area contributed by atoms with Crippen LogP contribution in [0.3, 0.4) is 0 Å². The average Bonchev–Trinajstić information content (AvgIpc) is 3.03. The highest BCUT2D eigenvalue weighted by atomic mass is 16.5. The monoisotopic (exact) mass is 365 g/mol. The van der Waals surface area contributed by atoms with Gasteiger partial charge in [0.05, 0.1) is 12.0 Å². The van der Waals surface area contributed by atoms with Crippen LogP contribution in [0.25, 0.3) is 28.1 Å². The van der Waals surface area contributed by atoms with E-state index >= 15 is 0 Å². The molecule has 0 bridgehead atoms. The minimum atomic E-state index is 0.617. The third-order valence-electron chi connectivity index (χ3n) is 5.58. The molecule has 2 nitrogen and oxygen atoms in total. The second-order valence-electron chi connectivity index (χ2n) is 7.65. The Kier molecular flexibility index (Phi) is 4.05. The topological polar surface area (TPSA) is 14.2 Å². The number of hydrogen-bond donors (Lipinski definition) is 0. The van der Waals surface area contributed by atoms with Crippen molar-refractivity contribution >= 4 is 17.0 Å². The van der Waals surface area contributed by atoms with E-state index in [1.165, 1.54) is 50.0 Å². The molecule has 0 amide bonds. The van der Waals surface area contributed by atoms with Crippen LogP contribution in [-0.2, 0) is 17.9 Å². The fourth-order valence-corrected chi connectivity index (χ4v) is 4.08. The standard InChI is InChI=1S/C26H23NO/c1-18-6-8-20(9-7-18)16-27-25-11-10-22(21-5-3-4-19(2)14-21)15-24(25)23-12-13-28-17-26(23)27/h3-15H,16-17H2,1-2H3. The van der Waals surface area contributed by atoms with Crippen LogP contribution in [0.15, 0.2) is 73.0 Å². The smallest absolute Gasteiger partial charge is 0.128 e. The van der Waals surface area contributed by atoms with Crippen LogP contribution in [-0.4, -0.2) is 4.57 Å². The van der Waals surface area contributed by atoms with Crippen molar-refractivity contribution in [3.63, 3.8) is 0 Å². The van der Waals surface area contributed by atoms with Crippen molar-refractivity contribution in [1.82, 2.24) is 4.57 Å². The maximum Gasteiger partial charge on any atom is 0.128 e. The molecule has 0 atom stereocenters. The second kappa shape index (κ2) is 6.72. The molecule has 138 valence electrons. The molecule has 1 aliphatic rings. The van der Waals surface area contributed by atoms with Gasteiger partial charge >= 0.3 is 0 Å². The fourth-order valence-electron chi connectivity index (χ4n) is 4.08. The molecule has 2 heterocycles. The lowest BCUT2D eigenvalue weighted by Gasteiger charge is -2.14. The van der Waals surface area contributed by atoms with Gasteiger partial charge in [0, 0.05) is 23.0 Å². The van der Waals surface area contributed by atoms with Crippen LogP contribution >= 0.6 is 0 Å². The number of rotatable bonds is 3. The Morgan fingerprint density at radius 3 is 2.50 bits per heavy atom. The average molecular weight is 365 g/mol. The highest BCUT2D eigenvalue weighted by Crippen LogP contribution is 2.34. The largest absolute Gasteiger partial charge is 0.495 e. The Morgan fingerprint density at radius 2 is 1.68 bits per heavy atom. The summed E-state index contributed by atoms with van der Waals surface area (Å²) in [7, 11) is 0. The van der Waals surface area contributed by atoms with Gasteiger partial charge in [-0.3, -0.25) is 0 Å². The third-order valence-corrected chi connectivity index (χ3v) is 5.58. The molecule has 3 aromatic carbocycles. The number of aryl methyl sites for hydroxylation is 2. The molecule has 1 aliphatic heterocycles. The predicted octanol–water partition coefficient (Wildman–Crippen LogP) is 6.47. The Labute approximate surface area is 165 Å². The van der Waals surface area contributed by atoms with E-state index in [9.17, 15) is 0 Å². The van der Waals surface area contributed by atoms with Gasteiger partial charge in [0.15, 0.2) is 0 Å². The van der Waals surface area contributed by atoms with Crippen molar-refractivity contribution in [2.24, 2.45) is 0 Å². The molecule has 5 rings (SSSR count). The van der Waals surface area contributed by atoms with Crippen molar-refractivity contribution < 1.29 is 4.74 Å². The summed E-state index contributed by atoms with van der Waals surface area (Å²) >= 11 is 0. The van der Waals surface area contributed by atoms with Gasteiger partial charge in [0.1, 0.15) is 6.61 Å². The van der Waals surface area contributed by atoms with Crippen LogP contribution in [0.1, 0.15) is 27.9 Å². The number of ether oxygens (including phenoxy) is 1. The van der Waals surface area contributed by atoms with E-state index in [1.54, 1.807) is 0 Å². The summed E-state index contributed by atoms with van der Waals surface area (Å²) < 4.78 is 8.05. The molecular weight excluding hydrogens is 342 g/mol. The van der Waals surface area contributed by atoms with Crippen LogP contribution in [0.5, 0.6) is 0 Å². The SMILES string of the molecule is Cc1ccc(Cn2c3c(c4cc(-c5cccc(C)c5)ccc42)C=COC3)cc1. The van der Waals surface area contributed by atoms with Gasteiger partial charge in [0.2, 0.25) is 0 Å². The minimum Gasteiger partial charge on any atom is -0.495 e. The molecular formula is C26H23NO. The molecule has 28 heavy (non-hydrogen) atoms. The van der Waals surface area contributed by atoms with Gasteiger partial charge in [0.25, 0.3) is 0 Å². The molecule has 0 radical (unpaired) electrons. The van der Waals surface area contributed by atoms with Crippen molar-refractivity contribution in [1.29, 1.82) is 0 Å². The first kappa shape index (κ1) is 16.9. The molecule has 0 N–H and O–H groups in total. The predicted molar refractivity (Wildman–Crippen MR) is 116 cm³/mol. The third kappa shape index (κ3) is 2.91. The number of hydrogen-bond acceptors (Lipinski definition) is 1. The number of fused-ring (bicyclic) bond motifs is 3. The summed E-state index contributed by atoms with van der Waals surface area (Å²) in [5.41, 5.74) is 10.2. The summed E-state index contributed by atoms with van der Waals surface area (Å²) in [6.07, 6.45) is 3.92. The minimum absolute atomic E-state index is 0.617. The summed E-state index contributed by atoms with van der Waals surface area (Å²) in [6, 6.07) is 24.3. The Hall–Kier alpha value is -3.26. The van der Waals surface area contributed by atoms with E-state index < -0.39 is 0 Å². The molecule has 0 unspecified atom stereocenters. The molecule has 1 aromatic heterocycles. The first-order valence-electron chi connectivity index (χ1n) is 9.75. The van der Waals surface area contributed by atoms with Gasteiger partial charge in [-0.2, -0.15) is 0 Å². The zero-order chi connectivity index (χ0) is 19.1. The van der Waals surface area contributed by atoms with Crippen molar-refractivity contribution in [3.05, 3.63) is 101 Å². The molecule has 0 spiro atoms. The maximum atomic E-state index is 5.65.